The monoisotopic (exact) mass is 399 g/mol. The van der Waals surface area contributed by atoms with Crippen molar-refractivity contribution in [3.8, 4) is 0 Å². The molecule has 1 N–H and O–H groups in total. The van der Waals surface area contributed by atoms with Crippen molar-refractivity contribution in [2.45, 2.75) is 26.8 Å². The van der Waals surface area contributed by atoms with Crippen LogP contribution in [0.1, 0.15) is 25.8 Å². The first-order valence-electron chi connectivity index (χ1n) is 9.70. The quantitative estimate of drug-likeness (QED) is 0.769. The van der Waals surface area contributed by atoms with Gasteiger partial charge in [-0.1, -0.05) is 29.8 Å². The summed E-state index contributed by atoms with van der Waals surface area (Å²) in [5.74, 6) is -0.485. The number of benzene rings is 2. The number of carbonyl (C=O) groups excluding carboxylic acids is 2. The van der Waals surface area contributed by atoms with E-state index in [0.717, 1.165) is 30.0 Å². The summed E-state index contributed by atoms with van der Waals surface area (Å²) in [5.41, 5.74) is 2.84. The molecule has 28 heavy (non-hydrogen) atoms. The molecule has 5 nitrogen and oxygen atoms in total. The van der Waals surface area contributed by atoms with Gasteiger partial charge >= 0.3 is 0 Å². The van der Waals surface area contributed by atoms with E-state index in [1.807, 2.05) is 42.5 Å². The molecule has 0 aliphatic carbocycles. The second-order valence-electron chi connectivity index (χ2n) is 6.90. The highest BCUT2D eigenvalue weighted by Crippen LogP contribution is 2.27. The summed E-state index contributed by atoms with van der Waals surface area (Å²) in [6.07, 6.45) is 0.228. The molecule has 1 fully saturated rings. The topological polar surface area (TPSA) is 52.6 Å². The van der Waals surface area contributed by atoms with E-state index in [-0.39, 0.29) is 24.2 Å². The Balaban J connectivity index is 1.61. The van der Waals surface area contributed by atoms with Gasteiger partial charge in [0.15, 0.2) is 0 Å². The van der Waals surface area contributed by atoms with Crippen LogP contribution in [0.3, 0.4) is 0 Å². The number of hydrogen-bond acceptors (Lipinski definition) is 3. The molecule has 6 heteroatoms. The fourth-order valence-corrected chi connectivity index (χ4v) is 3.74. The minimum absolute atomic E-state index is 0.0199. The molecule has 1 aliphatic heterocycles. The van der Waals surface area contributed by atoms with Crippen LogP contribution >= 0.6 is 11.6 Å². The van der Waals surface area contributed by atoms with E-state index in [2.05, 4.69) is 24.1 Å². The lowest BCUT2D eigenvalue weighted by Crippen LogP contribution is -2.32. The van der Waals surface area contributed by atoms with Gasteiger partial charge in [0.25, 0.3) is 0 Å². The normalized spacial score (nSPS) is 16.3. The van der Waals surface area contributed by atoms with E-state index < -0.39 is 0 Å². The molecule has 0 spiro atoms. The zero-order valence-corrected chi connectivity index (χ0v) is 17.1. The number of anilines is 2. The number of halogens is 1. The molecule has 3 rings (SSSR count). The second-order valence-corrected chi connectivity index (χ2v) is 7.31. The molecule has 0 bridgehead atoms. The minimum Gasteiger partial charge on any atom is -0.372 e. The smallest absolute Gasteiger partial charge is 0.227 e. The van der Waals surface area contributed by atoms with Crippen molar-refractivity contribution in [3.63, 3.8) is 0 Å². The number of carbonyl (C=O) groups is 2. The van der Waals surface area contributed by atoms with Crippen molar-refractivity contribution in [3.05, 3.63) is 59.1 Å². The molecule has 0 radical (unpaired) electrons. The predicted octanol–water partition coefficient (Wildman–Crippen LogP) is 3.86. The Bertz CT molecular complexity index is 834. The average molecular weight is 400 g/mol. The highest BCUT2D eigenvalue weighted by atomic mass is 35.5. The van der Waals surface area contributed by atoms with Gasteiger partial charge in [0, 0.05) is 49.0 Å². The molecule has 1 atom stereocenters. The van der Waals surface area contributed by atoms with Gasteiger partial charge in [-0.3, -0.25) is 9.59 Å². The maximum Gasteiger partial charge on any atom is 0.227 e. The number of rotatable bonds is 7. The third-order valence-electron chi connectivity index (χ3n) is 5.20. The van der Waals surface area contributed by atoms with Gasteiger partial charge in [0.2, 0.25) is 11.8 Å². The molecule has 1 aliphatic rings. The summed E-state index contributed by atoms with van der Waals surface area (Å²) < 4.78 is 0. The maximum absolute atomic E-state index is 12.5. The van der Waals surface area contributed by atoms with Crippen LogP contribution in [0.15, 0.2) is 48.5 Å². The first kappa shape index (κ1) is 20.2. The molecule has 0 saturated carbocycles. The molecule has 0 aromatic heterocycles. The Morgan fingerprint density at radius 1 is 1.14 bits per heavy atom. The van der Waals surface area contributed by atoms with Gasteiger partial charge in [0.05, 0.1) is 5.92 Å². The average Bonchev–Trinajstić information content (AvgIpc) is 3.10. The van der Waals surface area contributed by atoms with Crippen molar-refractivity contribution >= 4 is 34.8 Å². The van der Waals surface area contributed by atoms with E-state index in [1.54, 1.807) is 11.0 Å². The van der Waals surface area contributed by atoms with Crippen molar-refractivity contribution in [2.24, 2.45) is 5.92 Å². The second kappa shape index (κ2) is 9.11. The largest absolute Gasteiger partial charge is 0.372 e. The van der Waals surface area contributed by atoms with Gasteiger partial charge < -0.3 is 15.1 Å². The van der Waals surface area contributed by atoms with Gasteiger partial charge in [0.1, 0.15) is 0 Å². The summed E-state index contributed by atoms with van der Waals surface area (Å²) in [5, 5.41) is 3.53. The molecular formula is C22H26ClN3O2. The highest BCUT2D eigenvalue weighted by molar-refractivity contribution is 6.31. The van der Waals surface area contributed by atoms with Crippen LogP contribution in [0.5, 0.6) is 0 Å². The summed E-state index contributed by atoms with van der Waals surface area (Å²) in [4.78, 5) is 28.9. The standard InChI is InChI=1S/C22H26ClN3O2/c1-3-25(4-2)18-9-11-19(12-10-18)26-15-17(13-21(26)27)22(28)24-14-16-7-5-6-8-20(16)23/h5-12,17H,3-4,13-15H2,1-2H3,(H,24,28). The van der Waals surface area contributed by atoms with Crippen molar-refractivity contribution in [1.29, 1.82) is 0 Å². The lowest BCUT2D eigenvalue weighted by molar-refractivity contribution is -0.126. The fraction of sp³-hybridized carbons (Fsp3) is 0.364. The summed E-state index contributed by atoms with van der Waals surface area (Å²) in [7, 11) is 0. The zero-order valence-electron chi connectivity index (χ0n) is 16.3. The summed E-state index contributed by atoms with van der Waals surface area (Å²) in [6.45, 7) is 6.87. The van der Waals surface area contributed by atoms with E-state index in [1.165, 1.54) is 0 Å². The fourth-order valence-electron chi connectivity index (χ4n) is 3.53. The molecular weight excluding hydrogens is 374 g/mol. The van der Waals surface area contributed by atoms with Crippen LogP contribution in [-0.4, -0.2) is 31.4 Å². The van der Waals surface area contributed by atoms with E-state index in [9.17, 15) is 9.59 Å². The Morgan fingerprint density at radius 2 is 1.82 bits per heavy atom. The lowest BCUT2D eigenvalue weighted by Gasteiger charge is -2.22. The van der Waals surface area contributed by atoms with Crippen molar-refractivity contribution in [2.75, 3.05) is 29.4 Å². The molecule has 1 unspecified atom stereocenters. The third kappa shape index (κ3) is 4.47. The van der Waals surface area contributed by atoms with Crippen LogP contribution in [0.4, 0.5) is 11.4 Å². The van der Waals surface area contributed by atoms with E-state index in [4.69, 9.17) is 11.6 Å². The zero-order chi connectivity index (χ0) is 20.1. The molecule has 1 heterocycles. The highest BCUT2D eigenvalue weighted by Gasteiger charge is 2.35. The number of nitrogens with one attached hydrogen (secondary N) is 1. The minimum atomic E-state index is -0.350. The van der Waals surface area contributed by atoms with Crippen molar-refractivity contribution in [1.82, 2.24) is 5.32 Å². The van der Waals surface area contributed by atoms with Gasteiger partial charge in [-0.25, -0.2) is 0 Å². The summed E-state index contributed by atoms with van der Waals surface area (Å²) >= 11 is 6.13. The number of amides is 2. The van der Waals surface area contributed by atoms with Gasteiger partial charge in [-0.15, -0.1) is 0 Å². The van der Waals surface area contributed by atoms with E-state index in [0.29, 0.717) is 18.1 Å². The maximum atomic E-state index is 12.5. The Kier molecular flexibility index (Phi) is 6.57. The van der Waals surface area contributed by atoms with Crippen LogP contribution in [0, 0.1) is 5.92 Å². The molecule has 1 saturated heterocycles. The first-order chi connectivity index (χ1) is 13.5. The lowest BCUT2D eigenvalue weighted by atomic mass is 10.1. The van der Waals surface area contributed by atoms with Crippen molar-refractivity contribution < 1.29 is 9.59 Å². The SMILES string of the molecule is CCN(CC)c1ccc(N2CC(C(=O)NCc3ccccc3Cl)CC2=O)cc1. The van der Waals surface area contributed by atoms with Gasteiger partial charge in [-0.2, -0.15) is 0 Å². The van der Waals surface area contributed by atoms with E-state index >= 15 is 0 Å². The number of hydrogen-bond donors (Lipinski definition) is 1. The third-order valence-corrected chi connectivity index (χ3v) is 5.57. The Labute approximate surface area is 171 Å². The first-order valence-corrected chi connectivity index (χ1v) is 10.1. The predicted molar refractivity (Wildman–Crippen MR) is 114 cm³/mol. The summed E-state index contributed by atoms with van der Waals surface area (Å²) in [6, 6.07) is 15.4. The molecule has 148 valence electrons. The van der Waals surface area contributed by atoms with Crippen LogP contribution in [0.2, 0.25) is 5.02 Å². The number of nitrogens with zero attached hydrogens (tertiary/aromatic N) is 2. The molecule has 2 aromatic carbocycles. The Morgan fingerprint density at radius 3 is 2.46 bits per heavy atom. The van der Waals surface area contributed by atoms with Gasteiger partial charge in [-0.05, 0) is 49.7 Å². The molecule has 2 amide bonds. The Hall–Kier alpha value is -2.53. The van der Waals surface area contributed by atoms with Crippen LogP contribution < -0.4 is 15.1 Å². The van der Waals surface area contributed by atoms with Crippen LogP contribution in [0.25, 0.3) is 0 Å². The van der Waals surface area contributed by atoms with Crippen LogP contribution in [-0.2, 0) is 16.1 Å². The molecule has 2 aromatic rings.